The molecule has 5 heteroatoms. The molecule has 1 aliphatic heterocycles. The Balaban J connectivity index is 1.63. The molecule has 0 spiro atoms. The molecule has 1 heterocycles. The van der Waals surface area contributed by atoms with Crippen LogP contribution < -0.4 is 10.1 Å². The lowest BCUT2D eigenvalue weighted by atomic mass is 10.2. The number of amides is 1. The van der Waals surface area contributed by atoms with Gasteiger partial charge in [-0.3, -0.25) is 4.79 Å². The fraction of sp³-hybridized carbons (Fsp3) is 0.250. The number of ether oxygens (including phenoxy) is 1. The van der Waals surface area contributed by atoms with Crippen molar-refractivity contribution in [2.75, 3.05) is 32.6 Å². The number of benzene rings is 2. The molecule has 0 atom stereocenters. The van der Waals surface area contributed by atoms with Crippen molar-refractivity contribution in [2.45, 2.75) is 11.3 Å². The fourth-order valence-electron chi connectivity index (χ4n) is 2.49. The van der Waals surface area contributed by atoms with E-state index in [0.29, 0.717) is 11.5 Å². The van der Waals surface area contributed by atoms with Crippen molar-refractivity contribution >= 4 is 29.4 Å². The molecular formula is C20H22N2O2S. The molecule has 2 aromatic carbocycles. The van der Waals surface area contributed by atoms with Crippen LogP contribution in [0.25, 0.3) is 6.08 Å². The summed E-state index contributed by atoms with van der Waals surface area (Å²) in [6.45, 7) is 1.71. The summed E-state index contributed by atoms with van der Waals surface area (Å²) in [6.07, 6.45) is 2.90. The van der Waals surface area contributed by atoms with Gasteiger partial charge in [-0.1, -0.05) is 36.0 Å². The summed E-state index contributed by atoms with van der Waals surface area (Å²) in [5.74, 6) is 0.791. The quantitative estimate of drug-likeness (QED) is 0.626. The Bertz CT molecular complexity index is 770. The first-order chi connectivity index (χ1) is 12.1. The number of rotatable bonds is 6. The zero-order chi connectivity index (χ0) is 17.6. The summed E-state index contributed by atoms with van der Waals surface area (Å²) in [5.41, 5.74) is 1.86. The summed E-state index contributed by atoms with van der Waals surface area (Å²) in [4.78, 5) is 16.1. The van der Waals surface area contributed by atoms with Gasteiger partial charge in [-0.05, 0) is 56.4 Å². The number of carbonyl (C=O) groups excluding carboxylic acids is 1. The summed E-state index contributed by atoms with van der Waals surface area (Å²) in [5, 5.41) is 2.93. The third-order valence-electron chi connectivity index (χ3n) is 3.78. The van der Waals surface area contributed by atoms with Crippen molar-refractivity contribution < 1.29 is 9.53 Å². The first kappa shape index (κ1) is 17.6. The van der Waals surface area contributed by atoms with Crippen LogP contribution in [0.15, 0.2) is 58.3 Å². The Kier molecular flexibility index (Phi) is 5.79. The van der Waals surface area contributed by atoms with Crippen molar-refractivity contribution in [3.63, 3.8) is 0 Å². The van der Waals surface area contributed by atoms with Crippen LogP contribution in [0.5, 0.6) is 5.75 Å². The molecule has 0 saturated heterocycles. The van der Waals surface area contributed by atoms with Gasteiger partial charge in [0, 0.05) is 11.4 Å². The second-order valence-corrected chi connectivity index (χ2v) is 7.22. The van der Waals surface area contributed by atoms with Gasteiger partial charge in [-0.25, -0.2) is 0 Å². The van der Waals surface area contributed by atoms with Crippen molar-refractivity contribution in [3.8, 4) is 5.75 Å². The third kappa shape index (κ3) is 4.87. The third-order valence-corrected chi connectivity index (χ3v) is 4.87. The SMILES string of the molecule is CN(C)CCCOc1ccc(C=C2Sc3ccccc3NC2=O)cc1. The van der Waals surface area contributed by atoms with Crippen molar-refractivity contribution in [3.05, 3.63) is 59.0 Å². The van der Waals surface area contributed by atoms with Crippen LogP contribution in [0.4, 0.5) is 5.69 Å². The topological polar surface area (TPSA) is 41.6 Å². The van der Waals surface area contributed by atoms with Gasteiger partial charge in [-0.2, -0.15) is 0 Å². The molecule has 1 N–H and O–H groups in total. The highest BCUT2D eigenvalue weighted by atomic mass is 32.2. The maximum atomic E-state index is 12.2. The van der Waals surface area contributed by atoms with Gasteiger partial charge in [-0.15, -0.1) is 0 Å². The first-order valence-electron chi connectivity index (χ1n) is 8.29. The van der Waals surface area contributed by atoms with E-state index in [4.69, 9.17) is 4.74 Å². The lowest BCUT2D eigenvalue weighted by Crippen LogP contribution is -2.17. The number of anilines is 1. The van der Waals surface area contributed by atoms with Gasteiger partial charge >= 0.3 is 0 Å². The maximum Gasteiger partial charge on any atom is 0.262 e. The number of fused-ring (bicyclic) bond motifs is 1. The lowest BCUT2D eigenvalue weighted by molar-refractivity contribution is -0.112. The van der Waals surface area contributed by atoms with Crippen LogP contribution in [0.2, 0.25) is 0 Å². The molecule has 25 heavy (non-hydrogen) atoms. The molecule has 130 valence electrons. The Morgan fingerprint density at radius 2 is 1.88 bits per heavy atom. The molecule has 4 nitrogen and oxygen atoms in total. The van der Waals surface area contributed by atoms with Crippen LogP contribution in [0.1, 0.15) is 12.0 Å². The minimum Gasteiger partial charge on any atom is -0.494 e. The predicted octanol–water partition coefficient (Wildman–Crippen LogP) is 4.10. The number of para-hydroxylation sites is 1. The Labute approximate surface area is 152 Å². The summed E-state index contributed by atoms with van der Waals surface area (Å²) in [7, 11) is 4.11. The predicted molar refractivity (Wildman–Crippen MR) is 104 cm³/mol. The van der Waals surface area contributed by atoms with E-state index in [1.807, 2.05) is 54.6 Å². The zero-order valence-electron chi connectivity index (χ0n) is 14.5. The molecule has 0 fully saturated rings. The molecule has 3 rings (SSSR count). The average molecular weight is 354 g/mol. The van der Waals surface area contributed by atoms with Gasteiger partial charge in [0.25, 0.3) is 5.91 Å². The fourth-order valence-corrected chi connectivity index (χ4v) is 3.44. The van der Waals surface area contributed by atoms with Gasteiger partial charge in [0.1, 0.15) is 5.75 Å². The van der Waals surface area contributed by atoms with E-state index in [1.165, 1.54) is 11.8 Å². The van der Waals surface area contributed by atoms with Gasteiger partial charge in [0.15, 0.2) is 0 Å². The van der Waals surface area contributed by atoms with E-state index in [-0.39, 0.29) is 5.91 Å². The number of hydrogen-bond acceptors (Lipinski definition) is 4. The van der Waals surface area contributed by atoms with Crippen molar-refractivity contribution in [1.82, 2.24) is 4.90 Å². The number of carbonyl (C=O) groups is 1. The highest BCUT2D eigenvalue weighted by molar-refractivity contribution is 8.04. The molecular weight excluding hydrogens is 332 g/mol. The monoisotopic (exact) mass is 354 g/mol. The van der Waals surface area contributed by atoms with Crippen LogP contribution >= 0.6 is 11.8 Å². The number of thioether (sulfide) groups is 1. The highest BCUT2D eigenvalue weighted by Crippen LogP contribution is 2.38. The Hall–Kier alpha value is -2.24. The Morgan fingerprint density at radius 1 is 1.12 bits per heavy atom. The molecule has 0 saturated carbocycles. The van der Waals surface area contributed by atoms with E-state index in [2.05, 4.69) is 24.3 Å². The van der Waals surface area contributed by atoms with Gasteiger partial charge < -0.3 is 15.0 Å². The van der Waals surface area contributed by atoms with Crippen LogP contribution in [0.3, 0.4) is 0 Å². The minimum atomic E-state index is -0.0623. The molecule has 0 bridgehead atoms. The average Bonchev–Trinajstić information content (AvgIpc) is 2.60. The standard InChI is InChI=1S/C20H22N2O2S/c1-22(2)12-5-13-24-16-10-8-15(9-11-16)14-19-20(23)21-17-6-3-4-7-18(17)25-19/h3-4,6-11,14H,5,12-13H2,1-2H3,(H,21,23). The molecule has 1 aliphatic rings. The van der Waals surface area contributed by atoms with Crippen LogP contribution in [-0.4, -0.2) is 38.1 Å². The molecule has 0 unspecified atom stereocenters. The molecule has 0 aliphatic carbocycles. The van der Waals surface area contributed by atoms with E-state index in [9.17, 15) is 4.79 Å². The first-order valence-corrected chi connectivity index (χ1v) is 9.11. The zero-order valence-corrected chi connectivity index (χ0v) is 15.3. The molecule has 2 aromatic rings. The number of nitrogens with zero attached hydrogens (tertiary/aromatic N) is 1. The summed E-state index contributed by atoms with van der Waals surface area (Å²) < 4.78 is 5.74. The molecule has 1 amide bonds. The second-order valence-electron chi connectivity index (χ2n) is 6.14. The summed E-state index contributed by atoms with van der Waals surface area (Å²) in [6, 6.07) is 15.7. The van der Waals surface area contributed by atoms with Crippen LogP contribution in [0, 0.1) is 0 Å². The number of hydrogen-bond donors (Lipinski definition) is 1. The summed E-state index contributed by atoms with van der Waals surface area (Å²) >= 11 is 1.50. The maximum absolute atomic E-state index is 12.2. The normalized spacial score (nSPS) is 15.2. The Morgan fingerprint density at radius 3 is 2.64 bits per heavy atom. The minimum absolute atomic E-state index is 0.0623. The van der Waals surface area contributed by atoms with Gasteiger partial charge in [0.2, 0.25) is 0 Å². The van der Waals surface area contributed by atoms with E-state index < -0.39 is 0 Å². The lowest BCUT2D eigenvalue weighted by Gasteiger charge is -2.18. The molecule has 0 aromatic heterocycles. The van der Waals surface area contributed by atoms with E-state index in [0.717, 1.165) is 34.9 Å². The second kappa shape index (κ2) is 8.23. The van der Waals surface area contributed by atoms with Crippen LogP contribution in [-0.2, 0) is 4.79 Å². The molecule has 0 radical (unpaired) electrons. The largest absolute Gasteiger partial charge is 0.494 e. The van der Waals surface area contributed by atoms with Crippen molar-refractivity contribution in [2.24, 2.45) is 0 Å². The van der Waals surface area contributed by atoms with Crippen molar-refractivity contribution in [1.29, 1.82) is 0 Å². The highest BCUT2D eigenvalue weighted by Gasteiger charge is 2.20. The smallest absolute Gasteiger partial charge is 0.262 e. The number of nitrogens with one attached hydrogen (secondary N) is 1. The van der Waals surface area contributed by atoms with Gasteiger partial charge in [0.05, 0.1) is 17.2 Å². The van der Waals surface area contributed by atoms with E-state index >= 15 is 0 Å². The van der Waals surface area contributed by atoms with E-state index in [1.54, 1.807) is 0 Å².